The van der Waals surface area contributed by atoms with Crippen LogP contribution in [0.25, 0.3) is 11.0 Å². The van der Waals surface area contributed by atoms with Crippen LogP contribution in [0.15, 0.2) is 87.0 Å². The van der Waals surface area contributed by atoms with Gasteiger partial charge in [0.15, 0.2) is 0 Å². The number of aryl methyl sites for hydroxylation is 1. The van der Waals surface area contributed by atoms with Crippen molar-refractivity contribution in [2.45, 2.75) is 67.7 Å². The lowest BCUT2D eigenvalue weighted by Crippen LogP contribution is -2.27. The Morgan fingerprint density at radius 3 is 2.30 bits per heavy atom. The first-order valence-corrected chi connectivity index (χ1v) is 16.2. The van der Waals surface area contributed by atoms with Gasteiger partial charge >= 0.3 is 11.9 Å². The topological polar surface area (TPSA) is 134 Å². The van der Waals surface area contributed by atoms with Gasteiger partial charge < -0.3 is 19.4 Å². The fourth-order valence-corrected chi connectivity index (χ4v) is 7.27. The molecule has 4 aromatic rings. The van der Waals surface area contributed by atoms with Crippen molar-refractivity contribution in [3.63, 3.8) is 0 Å². The van der Waals surface area contributed by atoms with Gasteiger partial charge in [0.25, 0.3) is 0 Å². The van der Waals surface area contributed by atoms with Gasteiger partial charge in [0.1, 0.15) is 22.0 Å². The molecule has 1 atom stereocenters. The van der Waals surface area contributed by atoms with E-state index in [2.05, 4.69) is 36.2 Å². The fourth-order valence-electron chi connectivity index (χ4n) is 5.54. The molecule has 1 aliphatic carbocycles. The second kappa shape index (κ2) is 14.5. The Hall–Kier alpha value is -4.15. The van der Waals surface area contributed by atoms with E-state index < -0.39 is 21.8 Å². The average Bonchev–Trinajstić information content (AvgIpc) is 3.28. The molecule has 234 valence electrons. The van der Waals surface area contributed by atoms with Crippen molar-refractivity contribution in [3.05, 3.63) is 89.7 Å². The Bertz CT molecular complexity index is 1680. The van der Waals surface area contributed by atoms with E-state index in [4.69, 9.17) is 29.0 Å². The molecule has 10 heteroatoms. The maximum atomic E-state index is 13.6. The third-order valence-electron chi connectivity index (χ3n) is 7.73. The summed E-state index contributed by atoms with van der Waals surface area (Å²) in [7, 11) is -1.54. The van der Waals surface area contributed by atoms with Gasteiger partial charge in [-0.15, -0.1) is 0 Å². The second-order valence-corrected chi connectivity index (χ2v) is 13.1. The minimum atomic E-state index is -3.75. The van der Waals surface area contributed by atoms with Crippen LogP contribution in [0.4, 0.5) is 0 Å². The number of carboxylic acids is 2. The molecule has 1 unspecified atom stereocenters. The van der Waals surface area contributed by atoms with Gasteiger partial charge in [-0.25, -0.2) is 18.0 Å². The number of carbonyl (C=O) groups is 2. The van der Waals surface area contributed by atoms with Crippen molar-refractivity contribution in [2.75, 3.05) is 20.2 Å². The number of nitrogens with zero attached hydrogens (tertiary/aromatic N) is 1. The van der Waals surface area contributed by atoms with Crippen LogP contribution in [0, 0.1) is 0 Å². The predicted octanol–water partition coefficient (Wildman–Crippen LogP) is 6.71. The second-order valence-electron chi connectivity index (χ2n) is 11.2. The van der Waals surface area contributed by atoms with Crippen LogP contribution >= 0.6 is 0 Å². The number of hydrogen-bond donors (Lipinski definition) is 2. The van der Waals surface area contributed by atoms with Gasteiger partial charge in [0, 0.05) is 23.9 Å². The van der Waals surface area contributed by atoms with E-state index in [1.54, 1.807) is 30.3 Å². The number of benzene rings is 3. The zero-order valence-corrected chi connectivity index (χ0v) is 26.0. The summed E-state index contributed by atoms with van der Waals surface area (Å²) in [6.45, 7) is 5.41. The molecule has 3 aromatic carbocycles. The van der Waals surface area contributed by atoms with Crippen LogP contribution < -0.4 is 4.74 Å². The summed E-state index contributed by atoms with van der Waals surface area (Å²) in [5.41, 5.74) is 3.54. The summed E-state index contributed by atoms with van der Waals surface area (Å²) < 4.78 is 39.2. The number of furan rings is 1. The Morgan fingerprint density at radius 1 is 0.955 bits per heavy atom. The lowest BCUT2D eigenvalue weighted by atomic mass is 9.98. The van der Waals surface area contributed by atoms with E-state index in [9.17, 15) is 8.42 Å². The van der Waals surface area contributed by atoms with Crippen LogP contribution in [0.1, 0.15) is 68.4 Å². The van der Waals surface area contributed by atoms with E-state index in [0.717, 1.165) is 13.0 Å². The fraction of sp³-hybridized carbons (Fsp3) is 0.353. The molecule has 9 nitrogen and oxygen atoms in total. The minimum absolute atomic E-state index is 0.0561. The highest BCUT2D eigenvalue weighted by molar-refractivity contribution is 7.91. The van der Waals surface area contributed by atoms with Crippen molar-refractivity contribution in [1.29, 1.82) is 0 Å². The summed E-state index contributed by atoms with van der Waals surface area (Å²) in [6, 6.07) is 23.4. The number of sulfone groups is 1. The molecule has 1 aliphatic rings. The lowest BCUT2D eigenvalue weighted by Gasteiger charge is -2.28. The van der Waals surface area contributed by atoms with Gasteiger partial charge in [-0.3, -0.25) is 4.90 Å². The van der Waals surface area contributed by atoms with Crippen LogP contribution in [-0.4, -0.2) is 55.7 Å². The quantitative estimate of drug-likeness (QED) is 0.119. The van der Waals surface area contributed by atoms with Crippen molar-refractivity contribution < 1.29 is 37.4 Å². The third kappa shape index (κ3) is 7.67. The highest BCUT2D eigenvalue weighted by Gasteiger charge is 2.29. The molecule has 0 aliphatic heterocycles. The molecular formula is C34H39NO8S. The molecule has 0 saturated heterocycles. The summed E-state index contributed by atoms with van der Waals surface area (Å²) in [5, 5.41) is 15.4. The number of rotatable bonds is 9. The van der Waals surface area contributed by atoms with E-state index >= 15 is 0 Å². The first-order chi connectivity index (χ1) is 21.0. The number of aliphatic carboxylic acids is 2. The highest BCUT2D eigenvalue weighted by atomic mass is 32.2. The summed E-state index contributed by atoms with van der Waals surface area (Å²) >= 11 is 0. The molecule has 44 heavy (non-hydrogen) atoms. The maximum Gasteiger partial charge on any atom is 0.414 e. The number of hydrogen-bond acceptors (Lipinski definition) is 7. The minimum Gasteiger partial charge on any atom is -0.494 e. The van der Waals surface area contributed by atoms with E-state index in [1.165, 1.54) is 36.8 Å². The van der Waals surface area contributed by atoms with Gasteiger partial charge in [-0.05, 0) is 80.3 Å². The van der Waals surface area contributed by atoms with Crippen LogP contribution in [-0.2, 0) is 25.8 Å². The van der Waals surface area contributed by atoms with E-state index in [1.807, 2.05) is 32.0 Å². The van der Waals surface area contributed by atoms with Crippen molar-refractivity contribution in [1.82, 2.24) is 4.90 Å². The largest absolute Gasteiger partial charge is 0.494 e. The van der Waals surface area contributed by atoms with Gasteiger partial charge in [-0.1, -0.05) is 56.7 Å². The molecule has 0 spiro atoms. The highest BCUT2D eigenvalue weighted by Crippen LogP contribution is 2.38. The summed E-state index contributed by atoms with van der Waals surface area (Å²) in [6.07, 6.45) is 5.77. The van der Waals surface area contributed by atoms with Gasteiger partial charge in [0.05, 0.1) is 11.5 Å². The Kier molecular flexibility index (Phi) is 10.8. The molecule has 0 fully saturated rings. The van der Waals surface area contributed by atoms with E-state index in [-0.39, 0.29) is 15.7 Å². The number of ether oxygens (including phenoxy) is 1. The molecule has 0 bridgehead atoms. The number of carboxylic acid groups (broad SMARTS) is 2. The molecule has 0 amide bonds. The van der Waals surface area contributed by atoms with Crippen LogP contribution in [0.5, 0.6) is 5.75 Å². The van der Waals surface area contributed by atoms with Crippen molar-refractivity contribution in [3.8, 4) is 5.75 Å². The zero-order chi connectivity index (χ0) is 31.9. The lowest BCUT2D eigenvalue weighted by molar-refractivity contribution is -0.159. The maximum absolute atomic E-state index is 13.6. The number of para-hydroxylation sites is 1. The zero-order valence-electron chi connectivity index (χ0n) is 25.2. The molecule has 5 rings (SSSR count). The number of fused-ring (bicyclic) bond motifs is 2. The Morgan fingerprint density at radius 2 is 1.61 bits per heavy atom. The standard InChI is InChI=1S/C32H37NO4S.C2H2O4/c1-23(2)31-32(28-14-7-9-16-30(28)37-31)38(34,35)26-19-17-25(18-20-26)36-22-10-21-33(3)29-15-8-5-12-24-11-4-6-13-27(24)29;3-1(4)2(5)6/h4,6-7,9,11,13-14,16-20,23,29H,5,8,10,12,15,21-22H2,1-3H3;(H,3,4)(H,5,6). The van der Waals surface area contributed by atoms with Crippen LogP contribution in [0.3, 0.4) is 0 Å². The normalized spacial score (nSPS) is 14.9. The average molecular weight is 622 g/mol. The first-order valence-electron chi connectivity index (χ1n) is 14.7. The monoisotopic (exact) mass is 621 g/mol. The third-order valence-corrected chi connectivity index (χ3v) is 9.58. The Labute approximate surface area is 258 Å². The summed E-state index contributed by atoms with van der Waals surface area (Å²) in [5.74, 6) is -2.54. The summed E-state index contributed by atoms with van der Waals surface area (Å²) in [4.78, 5) is 21.2. The molecular weight excluding hydrogens is 582 g/mol. The first kappa shape index (κ1) is 32.8. The molecule has 0 saturated carbocycles. The van der Waals surface area contributed by atoms with Gasteiger partial charge in [-0.2, -0.15) is 0 Å². The van der Waals surface area contributed by atoms with Crippen LogP contribution in [0.2, 0.25) is 0 Å². The molecule has 2 N–H and O–H groups in total. The molecule has 1 heterocycles. The van der Waals surface area contributed by atoms with Gasteiger partial charge in [0.2, 0.25) is 9.84 Å². The smallest absolute Gasteiger partial charge is 0.414 e. The SMILES string of the molecule is CC(C)c1oc2ccccc2c1S(=O)(=O)c1ccc(OCCCN(C)C2CCCCc3ccccc32)cc1.O=C(O)C(=O)O. The predicted molar refractivity (Wildman–Crippen MR) is 167 cm³/mol. The van der Waals surface area contributed by atoms with Crippen molar-refractivity contribution in [2.24, 2.45) is 0 Å². The molecule has 0 radical (unpaired) electrons. The molecule has 1 aromatic heterocycles. The Balaban J connectivity index is 0.000000670. The van der Waals surface area contributed by atoms with E-state index in [0.29, 0.717) is 35.1 Å². The van der Waals surface area contributed by atoms with Crippen molar-refractivity contribution >= 4 is 32.7 Å².